The standard InChI is InChI=1S/C16H13N3O4/c20-14(18-21)10-22-13-8-4-7-12(9-13)16-17-15(19-23-16)11-5-2-1-3-6-11/h1-9,21H,10H2,(H,18,20). The van der Waals surface area contributed by atoms with Crippen LogP contribution in [-0.2, 0) is 4.79 Å². The van der Waals surface area contributed by atoms with Crippen LogP contribution in [0.3, 0.4) is 0 Å². The van der Waals surface area contributed by atoms with Crippen molar-refractivity contribution in [2.75, 3.05) is 6.61 Å². The molecule has 0 fully saturated rings. The molecule has 1 aromatic heterocycles. The molecule has 0 bridgehead atoms. The Balaban J connectivity index is 1.80. The quantitative estimate of drug-likeness (QED) is 0.554. The second kappa shape index (κ2) is 6.71. The minimum Gasteiger partial charge on any atom is -0.484 e. The molecule has 3 aromatic rings. The van der Waals surface area contributed by atoms with Crippen LogP contribution in [0.25, 0.3) is 22.8 Å². The van der Waals surface area contributed by atoms with Gasteiger partial charge in [-0.25, -0.2) is 5.48 Å². The number of amides is 1. The molecule has 0 unspecified atom stereocenters. The van der Waals surface area contributed by atoms with E-state index in [1.165, 1.54) is 5.48 Å². The Kier molecular flexibility index (Phi) is 4.30. The van der Waals surface area contributed by atoms with Gasteiger partial charge < -0.3 is 9.26 Å². The molecule has 2 N–H and O–H groups in total. The van der Waals surface area contributed by atoms with E-state index in [1.807, 2.05) is 30.3 Å². The lowest BCUT2D eigenvalue weighted by Crippen LogP contribution is -2.25. The molecule has 0 saturated carbocycles. The van der Waals surface area contributed by atoms with Crippen LogP contribution in [0, 0.1) is 0 Å². The zero-order valence-corrected chi connectivity index (χ0v) is 12.0. The van der Waals surface area contributed by atoms with Gasteiger partial charge in [0.25, 0.3) is 11.8 Å². The van der Waals surface area contributed by atoms with E-state index in [9.17, 15) is 4.79 Å². The minimum absolute atomic E-state index is 0.293. The number of nitrogens with one attached hydrogen (secondary N) is 1. The number of hydrogen-bond acceptors (Lipinski definition) is 6. The van der Waals surface area contributed by atoms with Crippen molar-refractivity contribution in [1.82, 2.24) is 15.6 Å². The summed E-state index contributed by atoms with van der Waals surface area (Å²) in [6, 6.07) is 16.4. The molecule has 0 aliphatic rings. The topological polar surface area (TPSA) is 97.5 Å². The van der Waals surface area contributed by atoms with Crippen LogP contribution in [0.15, 0.2) is 59.1 Å². The molecular weight excluding hydrogens is 298 g/mol. The Morgan fingerprint density at radius 2 is 1.91 bits per heavy atom. The number of benzene rings is 2. The van der Waals surface area contributed by atoms with Crippen molar-refractivity contribution in [2.24, 2.45) is 0 Å². The van der Waals surface area contributed by atoms with Gasteiger partial charge in [0, 0.05) is 11.1 Å². The van der Waals surface area contributed by atoms with Crippen molar-refractivity contribution in [1.29, 1.82) is 0 Å². The molecule has 116 valence electrons. The fourth-order valence-electron chi connectivity index (χ4n) is 1.95. The number of hydrogen-bond donors (Lipinski definition) is 2. The second-order valence-electron chi connectivity index (χ2n) is 4.64. The van der Waals surface area contributed by atoms with Crippen LogP contribution in [-0.4, -0.2) is 27.9 Å². The van der Waals surface area contributed by atoms with Gasteiger partial charge in [-0.1, -0.05) is 41.6 Å². The molecule has 7 nitrogen and oxygen atoms in total. The summed E-state index contributed by atoms with van der Waals surface area (Å²) >= 11 is 0. The van der Waals surface area contributed by atoms with E-state index < -0.39 is 5.91 Å². The average Bonchev–Trinajstić information content (AvgIpc) is 3.11. The van der Waals surface area contributed by atoms with Gasteiger partial charge in [-0.15, -0.1) is 0 Å². The third kappa shape index (κ3) is 3.53. The average molecular weight is 311 g/mol. The molecule has 0 aliphatic heterocycles. The zero-order chi connectivity index (χ0) is 16.1. The van der Waals surface area contributed by atoms with E-state index >= 15 is 0 Å². The van der Waals surface area contributed by atoms with Gasteiger partial charge in [0.1, 0.15) is 5.75 Å². The fraction of sp³-hybridized carbons (Fsp3) is 0.0625. The first-order valence-corrected chi connectivity index (χ1v) is 6.81. The van der Waals surface area contributed by atoms with E-state index in [4.69, 9.17) is 14.5 Å². The molecule has 7 heteroatoms. The van der Waals surface area contributed by atoms with Crippen LogP contribution in [0.4, 0.5) is 0 Å². The molecule has 0 spiro atoms. The number of carbonyl (C=O) groups is 1. The summed E-state index contributed by atoms with van der Waals surface area (Å²) in [7, 11) is 0. The molecule has 0 aliphatic carbocycles. The summed E-state index contributed by atoms with van der Waals surface area (Å²) in [6.07, 6.45) is 0. The first-order chi connectivity index (χ1) is 11.3. The van der Waals surface area contributed by atoms with Gasteiger partial charge in [0.15, 0.2) is 6.61 Å². The van der Waals surface area contributed by atoms with Gasteiger partial charge in [0.05, 0.1) is 0 Å². The number of aromatic nitrogens is 2. The maximum atomic E-state index is 11.0. The molecule has 0 atom stereocenters. The van der Waals surface area contributed by atoms with Crippen LogP contribution >= 0.6 is 0 Å². The Morgan fingerprint density at radius 1 is 1.13 bits per heavy atom. The Hall–Kier alpha value is -3.19. The highest BCUT2D eigenvalue weighted by molar-refractivity contribution is 5.76. The summed E-state index contributed by atoms with van der Waals surface area (Å²) in [5.41, 5.74) is 3.02. The Labute approximate surface area is 131 Å². The number of ether oxygens (including phenoxy) is 1. The lowest BCUT2D eigenvalue weighted by molar-refractivity contribution is -0.131. The Morgan fingerprint density at radius 3 is 2.70 bits per heavy atom. The smallest absolute Gasteiger partial charge is 0.281 e. The Bertz CT molecular complexity index is 802. The van der Waals surface area contributed by atoms with Gasteiger partial charge in [-0.05, 0) is 18.2 Å². The molecule has 0 saturated heterocycles. The van der Waals surface area contributed by atoms with Gasteiger partial charge >= 0.3 is 0 Å². The normalized spacial score (nSPS) is 10.3. The van der Waals surface area contributed by atoms with Crippen LogP contribution < -0.4 is 10.2 Å². The van der Waals surface area contributed by atoms with Crippen molar-refractivity contribution in [3.05, 3.63) is 54.6 Å². The highest BCUT2D eigenvalue weighted by Crippen LogP contribution is 2.25. The van der Waals surface area contributed by atoms with Crippen molar-refractivity contribution in [3.8, 4) is 28.6 Å². The maximum absolute atomic E-state index is 11.0. The first-order valence-electron chi connectivity index (χ1n) is 6.81. The van der Waals surface area contributed by atoms with Gasteiger partial charge in [-0.2, -0.15) is 4.98 Å². The largest absolute Gasteiger partial charge is 0.484 e. The minimum atomic E-state index is -0.639. The fourth-order valence-corrected chi connectivity index (χ4v) is 1.95. The van der Waals surface area contributed by atoms with Crippen molar-refractivity contribution >= 4 is 5.91 Å². The monoisotopic (exact) mass is 311 g/mol. The van der Waals surface area contributed by atoms with E-state index in [1.54, 1.807) is 24.3 Å². The summed E-state index contributed by atoms with van der Waals surface area (Å²) in [6.45, 7) is -0.293. The molecule has 2 aromatic carbocycles. The lowest BCUT2D eigenvalue weighted by Gasteiger charge is -2.05. The van der Waals surface area contributed by atoms with Crippen LogP contribution in [0.5, 0.6) is 5.75 Å². The lowest BCUT2D eigenvalue weighted by atomic mass is 10.2. The number of rotatable bonds is 5. The van der Waals surface area contributed by atoms with Crippen molar-refractivity contribution < 1.29 is 19.3 Å². The number of nitrogens with zero attached hydrogens (tertiary/aromatic N) is 2. The third-order valence-corrected chi connectivity index (χ3v) is 3.03. The van der Waals surface area contributed by atoms with Crippen LogP contribution in [0.1, 0.15) is 0 Å². The summed E-state index contributed by atoms with van der Waals surface area (Å²) in [5.74, 6) is 0.651. The number of hydroxylamine groups is 1. The predicted octanol–water partition coefficient (Wildman–Crippen LogP) is 2.29. The summed E-state index contributed by atoms with van der Waals surface area (Å²) in [4.78, 5) is 15.3. The highest BCUT2D eigenvalue weighted by atomic mass is 16.5. The van der Waals surface area contributed by atoms with E-state index in [2.05, 4.69) is 10.1 Å². The van der Waals surface area contributed by atoms with E-state index in [-0.39, 0.29) is 6.61 Å². The number of carbonyl (C=O) groups excluding carboxylic acids is 1. The maximum Gasteiger partial charge on any atom is 0.281 e. The molecule has 0 radical (unpaired) electrons. The van der Waals surface area contributed by atoms with Crippen LogP contribution in [0.2, 0.25) is 0 Å². The van der Waals surface area contributed by atoms with Gasteiger partial charge in [-0.3, -0.25) is 10.0 Å². The summed E-state index contributed by atoms with van der Waals surface area (Å²) < 4.78 is 10.5. The SMILES string of the molecule is O=C(COc1cccc(-c2nc(-c3ccccc3)no2)c1)NO. The molecule has 1 heterocycles. The zero-order valence-electron chi connectivity index (χ0n) is 12.0. The molecular formula is C16H13N3O4. The predicted molar refractivity (Wildman–Crippen MR) is 80.6 cm³/mol. The third-order valence-electron chi connectivity index (χ3n) is 3.03. The highest BCUT2D eigenvalue weighted by Gasteiger charge is 2.11. The van der Waals surface area contributed by atoms with Gasteiger partial charge in [0.2, 0.25) is 5.82 Å². The second-order valence-corrected chi connectivity index (χ2v) is 4.64. The van der Waals surface area contributed by atoms with Crippen molar-refractivity contribution in [2.45, 2.75) is 0 Å². The molecule has 1 amide bonds. The van der Waals surface area contributed by atoms with Crippen molar-refractivity contribution in [3.63, 3.8) is 0 Å². The van der Waals surface area contributed by atoms with E-state index in [0.29, 0.717) is 23.0 Å². The summed E-state index contributed by atoms with van der Waals surface area (Å²) in [5, 5.41) is 12.4. The first kappa shape index (κ1) is 14.7. The van der Waals surface area contributed by atoms with E-state index in [0.717, 1.165) is 5.56 Å². The molecule has 3 rings (SSSR count). The molecule has 23 heavy (non-hydrogen) atoms.